The Morgan fingerprint density at radius 2 is 2.32 bits per heavy atom. The van der Waals surface area contributed by atoms with Crippen LogP contribution in [0.1, 0.15) is 23.8 Å². The van der Waals surface area contributed by atoms with Crippen molar-refractivity contribution in [2.24, 2.45) is 5.92 Å². The van der Waals surface area contributed by atoms with Crippen LogP contribution in [0.2, 0.25) is 0 Å². The monoisotopic (exact) mass is 393 g/mol. The number of aryl methyl sites for hydroxylation is 1. The fourth-order valence-corrected chi connectivity index (χ4v) is 5.09. The van der Waals surface area contributed by atoms with Gasteiger partial charge in [0, 0.05) is 16.0 Å². The highest BCUT2D eigenvalue weighted by atomic mass is 32.1. The van der Waals surface area contributed by atoms with Crippen molar-refractivity contribution in [3.63, 3.8) is 0 Å². The number of rotatable bonds is 4. The van der Waals surface area contributed by atoms with Crippen molar-refractivity contribution >= 4 is 49.9 Å². The molecule has 0 bridgehead atoms. The van der Waals surface area contributed by atoms with E-state index in [-0.39, 0.29) is 11.9 Å². The Balaban J connectivity index is 1.50. The quantitative estimate of drug-likeness (QED) is 0.510. The van der Waals surface area contributed by atoms with E-state index in [4.69, 9.17) is 4.74 Å². The zero-order chi connectivity index (χ0) is 19.1. The SMILES string of the molecule is CCOC(=O)[C@H]1CCc2c(sc3ncnc(Nc4ccc5[nH]ncc5c4)c23)C1. The summed E-state index contributed by atoms with van der Waals surface area (Å²) < 4.78 is 5.22. The van der Waals surface area contributed by atoms with Gasteiger partial charge in [-0.15, -0.1) is 11.3 Å². The molecule has 142 valence electrons. The molecular formula is C20H19N5O2S. The Bertz CT molecular complexity index is 1180. The Hall–Kier alpha value is -3.00. The molecule has 0 amide bonds. The lowest BCUT2D eigenvalue weighted by molar-refractivity contribution is -0.148. The summed E-state index contributed by atoms with van der Waals surface area (Å²) in [6.07, 6.45) is 5.74. The van der Waals surface area contributed by atoms with Crippen LogP contribution in [0.3, 0.4) is 0 Å². The first-order valence-electron chi connectivity index (χ1n) is 9.35. The van der Waals surface area contributed by atoms with E-state index >= 15 is 0 Å². The zero-order valence-corrected chi connectivity index (χ0v) is 16.2. The number of carbonyl (C=O) groups excluding carboxylic acids is 1. The molecule has 28 heavy (non-hydrogen) atoms. The molecule has 0 fully saturated rings. The van der Waals surface area contributed by atoms with Gasteiger partial charge in [-0.2, -0.15) is 5.10 Å². The number of nitrogens with one attached hydrogen (secondary N) is 2. The van der Waals surface area contributed by atoms with Crippen molar-refractivity contribution in [2.75, 3.05) is 11.9 Å². The van der Waals surface area contributed by atoms with E-state index in [1.807, 2.05) is 25.1 Å². The molecular weight excluding hydrogens is 374 g/mol. The summed E-state index contributed by atoms with van der Waals surface area (Å²) in [6, 6.07) is 6.04. The van der Waals surface area contributed by atoms with Gasteiger partial charge in [0.05, 0.1) is 29.6 Å². The lowest BCUT2D eigenvalue weighted by Gasteiger charge is -2.20. The topological polar surface area (TPSA) is 92.8 Å². The van der Waals surface area contributed by atoms with Gasteiger partial charge in [0.2, 0.25) is 0 Å². The normalized spacial score (nSPS) is 16.2. The molecule has 8 heteroatoms. The number of esters is 1. The predicted octanol–water partition coefficient (Wildman–Crippen LogP) is 3.98. The lowest BCUT2D eigenvalue weighted by Crippen LogP contribution is -2.23. The molecule has 0 spiro atoms. The molecule has 7 nitrogen and oxygen atoms in total. The third-order valence-electron chi connectivity index (χ3n) is 5.17. The van der Waals surface area contributed by atoms with Crippen molar-refractivity contribution in [1.82, 2.24) is 20.2 Å². The molecule has 5 rings (SSSR count). The molecule has 0 aliphatic heterocycles. The Labute approximate surface area is 165 Å². The summed E-state index contributed by atoms with van der Waals surface area (Å²) >= 11 is 1.65. The summed E-state index contributed by atoms with van der Waals surface area (Å²) in [6.45, 7) is 2.27. The molecule has 1 aromatic carbocycles. The summed E-state index contributed by atoms with van der Waals surface area (Å²) in [7, 11) is 0. The van der Waals surface area contributed by atoms with Crippen LogP contribution in [-0.2, 0) is 22.4 Å². The number of ether oxygens (including phenoxy) is 1. The number of anilines is 2. The van der Waals surface area contributed by atoms with Gasteiger partial charge in [0.15, 0.2) is 0 Å². The van der Waals surface area contributed by atoms with E-state index in [2.05, 4.69) is 25.5 Å². The van der Waals surface area contributed by atoms with Crippen molar-refractivity contribution in [3.8, 4) is 0 Å². The van der Waals surface area contributed by atoms with E-state index in [9.17, 15) is 4.79 Å². The molecule has 0 saturated heterocycles. The van der Waals surface area contributed by atoms with Crippen LogP contribution >= 0.6 is 11.3 Å². The number of aromatic amines is 1. The first-order valence-corrected chi connectivity index (χ1v) is 10.2. The number of thiophene rings is 1. The fraction of sp³-hybridized carbons (Fsp3) is 0.300. The molecule has 1 aliphatic rings. The molecule has 0 saturated carbocycles. The van der Waals surface area contributed by atoms with Crippen molar-refractivity contribution < 1.29 is 9.53 Å². The molecule has 1 aliphatic carbocycles. The molecule has 0 radical (unpaired) electrons. The van der Waals surface area contributed by atoms with E-state index in [1.54, 1.807) is 23.9 Å². The van der Waals surface area contributed by atoms with Crippen LogP contribution in [-0.4, -0.2) is 32.7 Å². The fourth-order valence-electron chi connectivity index (χ4n) is 3.82. The maximum atomic E-state index is 12.2. The maximum Gasteiger partial charge on any atom is 0.309 e. The van der Waals surface area contributed by atoms with Crippen LogP contribution in [0.15, 0.2) is 30.7 Å². The van der Waals surface area contributed by atoms with Gasteiger partial charge in [0.1, 0.15) is 17.0 Å². The smallest absolute Gasteiger partial charge is 0.309 e. The number of benzene rings is 1. The van der Waals surface area contributed by atoms with E-state index in [0.29, 0.717) is 6.61 Å². The van der Waals surface area contributed by atoms with E-state index in [1.165, 1.54) is 10.4 Å². The average molecular weight is 393 g/mol. The van der Waals surface area contributed by atoms with Crippen molar-refractivity contribution in [1.29, 1.82) is 0 Å². The van der Waals surface area contributed by atoms with Crippen LogP contribution < -0.4 is 5.32 Å². The summed E-state index contributed by atoms with van der Waals surface area (Å²) in [4.78, 5) is 23.3. The highest BCUT2D eigenvalue weighted by Crippen LogP contribution is 2.40. The number of H-pyrrole nitrogens is 1. The van der Waals surface area contributed by atoms with Crippen LogP contribution in [0.5, 0.6) is 0 Å². The van der Waals surface area contributed by atoms with Crippen LogP contribution in [0.25, 0.3) is 21.1 Å². The first-order chi connectivity index (χ1) is 13.7. The average Bonchev–Trinajstić information content (AvgIpc) is 3.31. The summed E-state index contributed by atoms with van der Waals surface area (Å²) in [5, 5.41) is 12.6. The first kappa shape index (κ1) is 17.1. The predicted molar refractivity (Wildman–Crippen MR) is 109 cm³/mol. The van der Waals surface area contributed by atoms with E-state index < -0.39 is 0 Å². The standard InChI is InChI=1S/C20H19N5O2S/c1-2-27-20(26)11-3-5-14-16(8-11)28-19-17(14)18(21-10-22-19)24-13-4-6-15-12(7-13)9-23-25-15/h4,6-7,9-11H,2-3,5,8H2,1H3,(H,23,25)(H,21,22,24)/t11-/m0/s1. The number of hydrogen-bond acceptors (Lipinski definition) is 7. The summed E-state index contributed by atoms with van der Waals surface area (Å²) in [5.41, 5.74) is 3.21. The Morgan fingerprint density at radius 3 is 3.21 bits per heavy atom. The third-order valence-corrected chi connectivity index (χ3v) is 6.33. The maximum absolute atomic E-state index is 12.2. The van der Waals surface area contributed by atoms with Gasteiger partial charge in [0.25, 0.3) is 0 Å². The number of aromatic nitrogens is 4. The van der Waals surface area contributed by atoms with Gasteiger partial charge >= 0.3 is 5.97 Å². The van der Waals surface area contributed by atoms with Gasteiger partial charge in [-0.05, 0) is 49.9 Å². The van der Waals surface area contributed by atoms with Crippen LogP contribution in [0.4, 0.5) is 11.5 Å². The lowest BCUT2D eigenvalue weighted by atomic mass is 9.88. The van der Waals surface area contributed by atoms with Crippen LogP contribution in [0, 0.1) is 5.92 Å². The molecule has 2 N–H and O–H groups in total. The molecule has 3 aromatic heterocycles. The number of carbonyl (C=O) groups is 1. The van der Waals surface area contributed by atoms with Crippen molar-refractivity contribution in [3.05, 3.63) is 41.2 Å². The molecule has 1 atom stereocenters. The highest BCUT2D eigenvalue weighted by Gasteiger charge is 2.29. The van der Waals surface area contributed by atoms with Gasteiger partial charge < -0.3 is 10.1 Å². The number of nitrogens with zero attached hydrogens (tertiary/aromatic N) is 3. The Kier molecular flexibility index (Phi) is 4.20. The van der Waals surface area contributed by atoms with E-state index in [0.717, 1.165) is 51.9 Å². The largest absolute Gasteiger partial charge is 0.466 e. The molecule has 0 unspecified atom stereocenters. The van der Waals surface area contributed by atoms with Crippen molar-refractivity contribution in [2.45, 2.75) is 26.2 Å². The number of fused-ring (bicyclic) bond motifs is 4. The second kappa shape index (κ2) is 6.87. The van der Waals surface area contributed by atoms with Gasteiger partial charge in [-0.1, -0.05) is 0 Å². The molecule has 4 aromatic rings. The minimum absolute atomic E-state index is 0.0617. The second-order valence-electron chi connectivity index (χ2n) is 6.90. The third kappa shape index (κ3) is 2.90. The van der Waals surface area contributed by atoms with Gasteiger partial charge in [-0.25, -0.2) is 9.97 Å². The second-order valence-corrected chi connectivity index (χ2v) is 7.98. The zero-order valence-electron chi connectivity index (χ0n) is 15.4. The minimum atomic E-state index is -0.0940. The highest BCUT2D eigenvalue weighted by molar-refractivity contribution is 7.19. The Morgan fingerprint density at radius 1 is 1.39 bits per heavy atom. The van der Waals surface area contributed by atoms with Gasteiger partial charge in [-0.3, -0.25) is 9.89 Å². The molecule has 3 heterocycles. The summed E-state index contributed by atoms with van der Waals surface area (Å²) in [5.74, 6) is 0.650. The minimum Gasteiger partial charge on any atom is -0.466 e. The number of hydrogen-bond donors (Lipinski definition) is 2.